The smallest absolute Gasteiger partial charge is 0.231 e. The Morgan fingerprint density at radius 2 is 2.29 bits per heavy atom. The molecule has 1 aromatic carbocycles. The van der Waals surface area contributed by atoms with E-state index in [0.717, 1.165) is 26.1 Å². The first kappa shape index (κ1) is 14.0. The van der Waals surface area contributed by atoms with Crippen LogP contribution in [0.4, 0.5) is 4.39 Å². The van der Waals surface area contributed by atoms with Crippen molar-refractivity contribution in [3.63, 3.8) is 0 Å². The highest BCUT2D eigenvalue weighted by atomic mass is 19.1. The fourth-order valence-corrected chi connectivity index (χ4v) is 2.56. The number of halogens is 1. The SMILES string of the molecule is Cc1noc(C2CCN(CCOc3ccccc3F)C2)n1. The molecule has 0 aliphatic carbocycles. The molecule has 1 atom stereocenters. The van der Waals surface area contributed by atoms with E-state index in [9.17, 15) is 4.39 Å². The van der Waals surface area contributed by atoms with Crippen LogP contribution in [0.25, 0.3) is 0 Å². The molecule has 0 spiro atoms. The van der Waals surface area contributed by atoms with E-state index < -0.39 is 0 Å². The molecule has 0 N–H and O–H groups in total. The molecule has 1 unspecified atom stereocenters. The Bertz CT molecular complexity index is 602. The molecule has 1 aromatic heterocycles. The van der Waals surface area contributed by atoms with Crippen molar-refractivity contribution in [2.45, 2.75) is 19.3 Å². The number of para-hydroxylation sites is 1. The molecule has 2 heterocycles. The third-order valence-electron chi connectivity index (χ3n) is 3.67. The van der Waals surface area contributed by atoms with E-state index in [1.54, 1.807) is 18.2 Å². The average Bonchev–Trinajstić information content (AvgIpc) is 3.10. The lowest BCUT2D eigenvalue weighted by Gasteiger charge is -2.15. The lowest BCUT2D eigenvalue weighted by atomic mass is 10.1. The van der Waals surface area contributed by atoms with Crippen molar-refractivity contribution < 1.29 is 13.7 Å². The molecule has 6 heteroatoms. The zero-order chi connectivity index (χ0) is 14.7. The molecule has 1 aliphatic heterocycles. The molecule has 3 rings (SSSR count). The maximum Gasteiger partial charge on any atom is 0.231 e. The molecular weight excluding hydrogens is 273 g/mol. The molecule has 2 aromatic rings. The zero-order valence-electron chi connectivity index (χ0n) is 12.0. The Labute approximate surface area is 122 Å². The second-order valence-electron chi connectivity index (χ2n) is 5.24. The molecule has 1 fully saturated rings. The summed E-state index contributed by atoms with van der Waals surface area (Å²) in [5.41, 5.74) is 0. The van der Waals surface area contributed by atoms with E-state index in [2.05, 4.69) is 15.0 Å². The molecule has 0 radical (unpaired) electrons. The molecular formula is C15H18FN3O2. The van der Waals surface area contributed by atoms with Crippen molar-refractivity contribution in [3.05, 3.63) is 41.8 Å². The maximum absolute atomic E-state index is 13.4. The summed E-state index contributed by atoms with van der Waals surface area (Å²) in [4.78, 5) is 6.55. The van der Waals surface area contributed by atoms with Crippen LogP contribution < -0.4 is 4.74 Å². The number of ether oxygens (including phenoxy) is 1. The fraction of sp³-hybridized carbons (Fsp3) is 0.467. The van der Waals surface area contributed by atoms with E-state index in [0.29, 0.717) is 30.0 Å². The van der Waals surface area contributed by atoms with E-state index in [-0.39, 0.29) is 5.82 Å². The Morgan fingerprint density at radius 3 is 3.05 bits per heavy atom. The maximum atomic E-state index is 13.4. The summed E-state index contributed by atoms with van der Waals surface area (Å²) in [7, 11) is 0. The minimum absolute atomic E-state index is 0.291. The van der Waals surface area contributed by atoms with Crippen molar-refractivity contribution in [1.82, 2.24) is 15.0 Å². The number of hydrogen-bond donors (Lipinski definition) is 0. The van der Waals surface area contributed by atoms with Crippen molar-refractivity contribution >= 4 is 0 Å². The third kappa shape index (κ3) is 3.39. The predicted molar refractivity (Wildman–Crippen MR) is 74.7 cm³/mol. The molecule has 0 amide bonds. The van der Waals surface area contributed by atoms with Crippen LogP contribution in [0.1, 0.15) is 24.1 Å². The van der Waals surface area contributed by atoms with Gasteiger partial charge in [-0.25, -0.2) is 4.39 Å². The highest BCUT2D eigenvalue weighted by Gasteiger charge is 2.27. The van der Waals surface area contributed by atoms with E-state index in [1.165, 1.54) is 6.07 Å². The monoisotopic (exact) mass is 291 g/mol. The first-order valence-corrected chi connectivity index (χ1v) is 7.12. The van der Waals surface area contributed by atoms with E-state index >= 15 is 0 Å². The summed E-state index contributed by atoms with van der Waals surface area (Å²) >= 11 is 0. The quantitative estimate of drug-likeness (QED) is 0.846. The lowest BCUT2D eigenvalue weighted by Crippen LogP contribution is -2.26. The van der Waals surface area contributed by atoms with Gasteiger partial charge in [0.25, 0.3) is 0 Å². The normalized spacial score (nSPS) is 19.0. The Hall–Kier alpha value is -1.95. The highest BCUT2D eigenvalue weighted by molar-refractivity contribution is 5.23. The molecule has 112 valence electrons. The van der Waals surface area contributed by atoms with Crippen LogP contribution in [0.5, 0.6) is 5.75 Å². The first-order valence-electron chi connectivity index (χ1n) is 7.12. The highest BCUT2D eigenvalue weighted by Crippen LogP contribution is 2.25. The van der Waals surface area contributed by atoms with Crippen LogP contribution in [0.15, 0.2) is 28.8 Å². The van der Waals surface area contributed by atoms with Gasteiger partial charge in [-0.15, -0.1) is 0 Å². The van der Waals surface area contributed by atoms with Gasteiger partial charge in [-0.3, -0.25) is 4.90 Å². The number of nitrogens with zero attached hydrogens (tertiary/aromatic N) is 3. The third-order valence-corrected chi connectivity index (χ3v) is 3.67. The summed E-state index contributed by atoms with van der Waals surface area (Å²) in [6.07, 6.45) is 1.00. The van der Waals surface area contributed by atoms with E-state index in [4.69, 9.17) is 9.26 Å². The molecule has 1 aliphatic rings. The van der Waals surface area contributed by atoms with Gasteiger partial charge in [-0.05, 0) is 32.0 Å². The van der Waals surface area contributed by atoms with Gasteiger partial charge in [0.2, 0.25) is 5.89 Å². The molecule has 1 saturated heterocycles. The van der Waals surface area contributed by atoms with Gasteiger partial charge in [0, 0.05) is 13.1 Å². The van der Waals surface area contributed by atoms with Crippen molar-refractivity contribution in [1.29, 1.82) is 0 Å². The summed E-state index contributed by atoms with van der Waals surface area (Å²) in [5.74, 6) is 1.66. The van der Waals surface area contributed by atoms with Crippen LogP contribution in [0, 0.1) is 12.7 Å². The minimum Gasteiger partial charge on any atom is -0.489 e. The first-order chi connectivity index (χ1) is 10.2. The summed E-state index contributed by atoms with van der Waals surface area (Å²) in [5, 5.41) is 3.83. The van der Waals surface area contributed by atoms with Gasteiger partial charge in [-0.2, -0.15) is 4.98 Å². The van der Waals surface area contributed by atoms with Crippen molar-refractivity contribution in [2.24, 2.45) is 0 Å². The van der Waals surface area contributed by atoms with Gasteiger partial charge in [0.05, 0.1) is 5.92 Å². The molecule has 0 saturated carbocycles. The van der Waals surface area contributed by atoms with Gasteiger partial charge >= 0.3 is 0 Å². The standard InChI is InChI=1S/C15H18FN3O2/c1-11-17-15(21-18-11)12-6-7-19(10-12)8-9-20-14-5-3-2-4-13(14)16/h2-5,12H,6-10H2,1H3. The Morgan fingerprint density at radius 1 is 1.43 bits per heavy atom. The van der Waals surface area contributed by atoms with Crippen molar-refractivity contribution in [2.75, 3.05) is 26.2 Å². The molecule has 0 bridgehead atoms. The number of aromatic nitrogens is 2. The fourth-order valence-electron chi connectivity index (χ4n) is 2.56. The summed E-state index contributed by atoms with van der Waals surface area (Å²) < 4.78 is 24.1. The Kier molecular flexibility index (Phi) is 4.15. The number of hydrogen-bond acceptors (Lipinski definition) is 5. The van der Waals surface area contributed by atoms with Gasteiger partial charge in [-0.1, -0.05) is 17.3 Å². The van der Waals surface area contributed by atoms with Crippen molar-refractivity contribution in [3.8, 4) is 5.75 Å². The second kappa shape index (κ2) is 6.22. The summed E-state index contributed by atoms with van der Waals surface area (Å²) in [6.45, 7) is 4.89. The minimum atomic E-state index is -0.321. The number of rotatable bonds is 5. The largest absolute Gasteiger partial charge is 0.489 e. The summed E-state index contributed by atoms with van der Waals surface area (Å²) in [6, 6.07) is 6.46. The lowest BCUT2D eigenvalue weighted by molar-refractivity contribution is 0.227. The second-order valence-corrected chi connectivity index (χ2v) is 5.24. The topological polar surface area (TPSA) is 51.4 Å². The Balaban J connectivity index is 1.46. The predicted octanol–water partition coefficient (Wildman–Crippen LogP) is 2.39. The van der Waals surface area contributed by atoms with Gasteiger partial charge in [0.1, 0.15) is 6.61 Å². The number of likely N-dealkylation sites (tertiary alicyclic amines) is 1. The van der Waals surface area contributed by atoms with E-state index in [1.807, 2.05) is 6.92 Å². The number of aryl methyl sites for hydroxylation is 1. The van der Waals surface area contributed by atoms with Crippen LogP contribution in [0.2, 0.25) is 0 Å². The van der Waals surface area contributed by atoms with Crippen LogP contribution in [-0.4, -0.2) is 41.3 Å². The average molecular weight is 291 g/mol. The van der Waals surface area contributed by atoms with Crippen LogP contribution >= 0.6 is 0 Å². The van der Waals surface area contributed by atoms with Gasteiger partial charge in [0.15, 0.2) is 17.4 Å². The molecule has 21 heavy (non-hydrogen) atoms. The van der Waals surface area contributed by atoms with Gasteiger partial charge < -0.3 is 9.26 Å². The number of benzene rings is 1. The van der Waals surface area contributed by atoms with Crippen LogP contribution in [-0.2, 0) is 0 Å². The zero-order valence-corrected chi connectivity index (χ0v) is 12.0. The molecule has 5 nitrogen and oxygen atoms in total. The van der Waals surface area contributed by atoms with Crippen LogP contribution in [0.3, 0.4) is 0 Å².